The van der Waals surface area contributed by atoms with Gasteiger partial charge in [-0.2, -0.15) is 0 Å². The Labute approximate surface area is 71.7 Å². The first-order chi connectivity index (χ1) is 5.49. The van der Waals surface area contributed by atoms with E-state index in [-0.39, 0.29) is 5.57 Å². The summed E-state index contributed by atoms with van der Waals surface area (Å²) < 4.78 is 4.42. The Morgan fingerprint density at radius 3 is 2.08 bits per heavy atom. The van der Waals surface area contributed by atoms with Crippen LogP contribution in [0.4, 0.5) is 0 Å². The van der Waals surface area contributed by atoms with Crippen molar-refractivity contribution in [2.24, 2.45) is 0 Å². The number of hydrogen-bond acceptors (Lipinski definition) is 3. The van der Waals surface area contributed by atoms with E-state index < -0.39 is 11.9 Å². The van der Waals surface area contributed by atoms with Crippen LogP contribution >= 0.6 is 0 Å². The molecule has 0 amide bonds. The van der Waals surface area contributed by atoms with Gasteiger partial charge in [-0.3, -0.25) is 0 Å². The second-order valence-corrected chi connectivity index (χ2v) is 2.43. The van der Waals surface area contributed by atoms with Gasteiger partial charge in [0.15, 0.2) is 0 Å². The van der Waals surface area contributed by atoms with E-state index >= 15 is 0 Å². The van der Waals surface area contributed by atoms with Crippen LogP contribution in [0.2, 0.25) is 0 Å². The lowest BCUT2D eigenvalue weighted by atomic mass is 10.3. The first-order valence-electron chi connectivity index (χ1n) is 3.54. The first kappa shape index (κ1) is 10.6. The minimum absolute atomic E-state index is 0.215. The van der Waals surface area contributed by atoms with Gasteiger partial charge in [-0.1, -0.05) is 12.7 Å². The van der Waals surface area contributed by atoms with E-state index in [0.717, 1.165) is 0 Å². The summed E-state index contributed by atoms with van der Waals surface area (Å²) in [5, 5.41) is 0. The Bertz CT molecular complexity index is 248. The van der Waals surface area contributed by atoms with Gasteiger partial charge in [0, 0.05) is 11.1 Å². The lowest BCUT2D eigenvalue weighted by molar-refractivity contribution is -0.153. The second kappa shape index (κ2) is 4.49. The van der Waals surface area contributed by atoms with Crippen molar-refractivity contribution in [3.05, 3.63) is 23.8 Å². The lowest BCUT2D eigenvalue weighted by Gasteiger charge is -2.00. The molecule has 0 fully saturated rings. The largest absolute Gasteiger partial charge is 0.386 e. The number of allylic oxidation sites excluding steroid dienone is 1. The van der Waals surface area contributed by atoms with E-state index in [1.54, 1.807) is 19.9 Å². The molecule has 0 saturated carbocycles. The van der Waals surface area contributed by atoms with Crippen LogP contribution in [-0.4, -0.2) is 11.9 Å². The summed E-state index contributed by atoms with van der Waals surface area (Å²) in [6.07, 6.45) is 1.58. The summed E-state index contributed by atoms with van der Waals surface area (Å²) in [4.78, 5) is 21.7. The molecule has 0 spiro atoms. The van der Waals surface area contributed by atoms with E-state index in [9.17, 15) is 9.59 Å². The van der Waals surface area contributed by atoms with Crippen molar-refractivity contribution in [2.75, 3.05) is 0 Å². The summed E-state index contributed by atoms with van der Waals surface area (Å²) in [7, 11) is 0. The summed E-state index contributed by atoms with van der Waals surface area (Å²) in [6.45, 7) is 8.11. The average Bonchev–Trinajstić information content (AvgIpc) is 2.02. The SMILES string of the molecule is C=C(C)C(=O)OC(=O)C(C)=CC. The maximum atomic E-state index is 10.9. The number of rotatable bonds is 2. The monoisotopic (exact) mass is 168 g/mol. The van der Waals surface area contributed by atoms with Crippen molar-refractivity contribution in [3.63, 3.8) is 0 Å². The number of ether oxygens (including phenoxy) is 1. The highest BCUT2D eigenvalue weighted by atomic mass is 16.6. The molecule has 3 nitrogen and oxygen atoms in total. The molecule has 0 aromatic rings. The van der Waals surface area contributed by atoms with Crippen LogP contribution in [0, 0.1) is 0 Å². The molecule has 12 heavy (non-hydrogen) atoms. The molecule has 0 aromatic heterocycles. The maximum Gasteiger partial charge on any atom is 0.341 e. The zero-order valence-corrected chi connectivity index (χ0v) is 7.51. The Kier molecular flexibility index (Phi) is 3.97. The van der Waals surface area contributed by atoms with Crippen LogP contribution in [0.1, 0.15) is 20.8 Å². The number of hydrogen-bond donors (Lipinski definition) is 0. The average molecular weight is 168 g/mol. The Hall–Kier alpha value is -1.38. The summed E-state index contributed by atoms with van der Waals surface area (Å²) >= 11 is 0. The smallest absolute Gasteiger partial charge is 0.341 e. The van der Waals surface area contributed by atoms with Gasteiger partial charge in [0.2, 0.25) is 0 Å². The van der Waals surface area contributed by atoms with Gasteiger partial charge in [0.05, 0.1) is 0 Å². The van der Waals surface area contributed by atoms with Gasteiger partial charge in [-0.25, -0.2) is 9.59 Å². The predicted octanol–water partition coefficient (Wildman–Crippen LogP) is 1.60. The second-order valence-electron chi connectivity index (χ2n) is 2.43. The van der Waals surface area contributed by atoms with Gasteiger partial charge < -0.3 is 4.74 Å². The standard InChI is InChI=1S/C9H12O3/c1-5-7(4)9(11)12-8(10)6(2)3/h5H,2H2,1,3-4H3. The van der Waals surface area contributed by atoms with Crippen molar-refractivity contribution < 1.29 is 14.3 Å². The fraction of sp³-hybridized carbons (Fsp3) is 0.333. The van der Waals surface area contributed by atoms with Crippen LogP contribution < -0.4 is 0 Å². The Morgan fingerprint density at radius 1 is 1.25 bits per heavy atom. The van der Waals surface area contributed by atoms with Crippen LogP contribution in [0.5, 0.6) is 0 Å². The van der Waals surface area contributed by atoms with Crippen molar-refractivity contribution >= 4 is 11.9 Å². The molecule has 3 heteroatoms. The highest BCUT2D eigenvalue weighted by molar-refractivity contribution is 6.00. The quantitative estimate of drug-likeness (QED) is 0.357. The molecule has 0 aliphatic heterocycles. The Morgan fingerprint density at radius 2 is 1.75 bits per heavy atom. The topological polar surface area (TPSA) is 43.4 Å². The highest BCUT2D eigenvalue weighted by Gasteiger charge is 2.11. The zero-order chi connectivity index (χ0) is 9.72. The van der Waals surface area contributed by atoms with Gasteiger partial charge in [-0.05, 0) is 20.8 Å². The maximum absolute atomic E-state index is 10.9. The van der Waals surface area contributed by atoms with Gasteiger partial charge >= 0.3 is 11.9 Å². The van der Waals surface area contributed by atoms with Gasteiger partial charge in [0.1, 0.15) is 0 Å². The molecular weight excluding hydrogens is 156 g/mol. The molecule has 0 aromatic carbocycles. The summed E-state index contributed by atoms with van der Waals surface area (Å²) in [5.74, 6) is -1.30. The van der Waals surface area contributed by atoms with Crippen molar-refractivity contribution in [1.29, 1.82) is 0 Å². The highest BCUT2D eigenvalue weighted by Crippen LogP contribution is 1.99. The van der Waals surface area contributed by atoms with E-state index in [4.69, 9.17) is 0 Å². The van der Waals surface area contributed by atoms with Crippen molar-refractivity contribution in [2.45, 2.75) is 20.8 Å². The molecule has 0 rings (SSSR count). The zero-order valence-electron chi connectivity index (χ0n) is 7.51. The molecule has 0 aliphatic rings. The van der Waals surface area contributed by atoms with Crippen LogP contribution in [0.25, 0.3) is 0 Å². The lowest BCUT2D eigenvalue weighted by Crippen LogP contribution is -2.13. The molecular formula is C9H12O3. The third kappa shape index (κ3) is 3.14. The molecule has 0 radical (unpaired) electrons. The third-order valence-electron chi connectivity index (χ3n) is 1.29. The molecule has 0 atom stereocenters. The van der Waals surface area contributed by atoms with E-state index in [2.05, 4.69) is 11.3 Å². The Balaban J connectivity index is 4.21. The summed E-state index contributed by atoms with van der Waals surface area (Å²) in [5.41, 5.74) is 0.622. The van der Waals surface area contributed by atoms with E-state index in [1.807, 2.05) is 0 Å². The van der Waals surface area contributed by atoms with E-state index in [0.29, 0.717) is 5.57 Å². The molecule has 0 N–H and O–H groups in total. The number of esters is 2. The minimum Gasteiger partial charge on any atom is -0.386 e. The van der Waals surface area contributed by atoms with E-state index in [1.165, 1.54) is 6.92 Å². The van der Waals surface area contributed by atoms with Crippen LogP contribution in [-0.2, 0) is 14.3 Å². The fourth-order valence-electron chi connectivity index (χ4n) is 0.370. The van der Waals surface area contributed by atoms with Crippen molar-refractivity contribution in [3.8, 4) is 0 Å². The van der Waals surface area contributed by atoms with Crippen LogP contribution in [0.15, 0.2) is 23.8 Å². The molecule has 0 aliphatic carbocycles. The molecule has 0 unspecified atom stereocenters. The number of carbonyl (C=O) groups is 2. The van der Waals surface area contributed by atoms with Gasteiger partial charge in [0.25, 0.3) is 0 Å². The first-order valence-corrected chi connectivity index (χ1v) is 3.54. The third-order valence-corrected chi connectivity index (χ3v) is 1.29. The minimum atomic E-state index is -0.679. The molecule has 0 heterocycles. The number of carbonyl (C=O) groups excluding carboxylic acids is 2. The van der Waals surface area contributed by atoms with Crippen molar-refractivity contribution in [1.82, 2.24) is 0 Å². The normalized spacial score (nSPS) is 10.8. The molecule has 0 saturated heterocycles. The fourth-order valence-corrected chi connectivity index (χ4v) is 0.370. The molecule has 66 valence electrons. The molecule has 0 bridgehead atoms. The summed E-state index contributed by atoms with van der Waals surface area (Å²) in [6, 6.07) is 0. The van der Waals surface area contributed by atoms with Crippen LogP contribution in [0.3, 0.4) is 0 Å². The van der Waals surface area contributed by atoms with Gasteiger partial charge in [-0.15, -0.1) is 0 Å². The predicted molar refractivity (Wildman–Crippen MR) is 45.3 cm³/mol.